The molecule has 136 valence electrons. The Morgan fingerprint density at radius 2 is 1.96 bits per heavy atom. The van der Waals surface area contributed by atoms with Crippen LogP contribution in [-0.2, 0) is 37.0 Å². The van der Waals surface area contributed by atoms with Crippen LogP contribution in [0.1, 0.15) is 31.9 Å². The predicted octanol–water partition coefficient (Wildman–Crippen LogP) is 1.92. The Bertz CT molecular complexity index is 774. The summed E-state index contributed by atoms with van der Waals surface area (Å²) in [6.07, 6.45) is 3.43. The van der Waals surface area contributed by atoms with Gasteiger partial charge in [-0.3, -0.25) is 13.7 Å². The predicted molar refractivity (Wildman–Crippen MR) is 88.9 cm³/mol. The van der Waals surface area contributed by atoms with E-state index in [1.807, 2.05) is 0 Å². The maximum absolute atomic E-state index is 12.0. The van der Waals surface area contributed by atoms with Crippen molar-refractivity contribution in [3.63, 3.8) is 0 Å². The van der Waals surface area contributed by atoms with Gasteiger partial charge in [0.1, 0.15) is 12.3 Å². The molecular formula is C16H21N3O5S. The highest BCUT2D eigenvalue weighted by Crippen LogP contribution is 2.13. The third-order valence-corrected chi connectivity index (χ3v) is 4.58. The van der Waals surface area contributed by atoms with Crippen molar-refractivity contribution in [2.24, 2.45) is 0 Å². The number of aryl methyl sites for hydroxylation is 1. The molecule has 0 aliphatic carbocycles. The summed E-state index contributed by atoms with van der Waals surface area (Å²) >= 11 is 0. The second-order valence-corrected chi connectivity index (χ2v) is 6.88. The minimum atomic E-state index is -3.81. The average Bonchev–Trinajstić information content (AvgIpc) is 3.06. The topological polar surface area (TPSA) is 100 Å². The van der Waals surface area contributed by atoms with Crippen molar-refractivity contribution in [1.82, 2.24) is 15.0 Å². The number of hydrogen-bond donors (Lipinski definition) is 0. The largest absolute Gasteiger partial charge is 0.466 e. The highest BCUT2D eigenvalue weighted by atomic mass is 32.2. The van der Waals surface area contributed by atoms with Crippen LogP contribution < -0.4 is 0 Å². The molecule has 0 saturated heterocycles. The number of nitrogens with zero attached hydrogens (tertiary/aromatic N) is 3. The van der Waals surface area contributed by atoms with E-state index in [9.17, 15) is 13.2 Å². The molecule has 1 aromatic carbocycles. The number of aromatic nitrogens is 3. The number of carbonyl (C=O) groups excluding carboxylic acids is 1. The monoisotopic (exact) mass is 367 g/mol. The smallest absolute Gasteiger partial charge is 0.305 e. The Labute approximate surface area is 146 Å². The molecule has 1 heterocycles. The van der Waals surface area contributed by atoms with Gasteiger partial charge < -0.3 is 4.74 Å². The first-order chi connectivity index (χ1) is 12.0. The third-order valence-electron chi connectivity index (χ3n) is 3.30. The highest BCUT2D eigenvalue weighted by Gasteiger charge is 2.15. The molecule has 9 heteroatoms. The second kappa shape index (κ2) is 9.28. The van der Waals surface area contributed by atoms with Crippen molar-refractivity contribution in [1.29, 1.82) is 0 Å². The molecule has 1 aromatic heterocycles. The van der Waals surface area contributed by atoms with E-state index in [2.05, 4.69) is 10.3 Å². The number of ether oxygens (including phenoxy) is 1. The van der Waals surface area contributed by atoms with E-state index in [-0.39, 0.29) is 17.5 Å². The number of benzene rings is 1. The molecule has 0 saturated carbocycles. The Hall–Kier alpha value is -2.26. The lowest BCUT2D eigenvalue weighted by Crippen LogP contribution is -2.06. The summed E-state index contributed by atoms with van der Waals surface area (Å²) in [5.74, 6) is -0.207. The number of unbranched alkanes of at least 4 members (excludes halogenated alkanes) is 1. The Kier molecular flexibility index (Phi) is 7.08. The van der Waals surface area contributed by atoms with Crippen LogP contribution in [0.4, 0.5) is 0 Å². The highest BCUT2D eigenvalue weighted by molar-refractivity contribution is 7.86. The van der Waals surface area contributed by atoms with Gasteiger partial charge in [0.25, 0.3) is 10.1 Å². The fourth-order valence-corrected chi connectivity index (χ4v) is 2.99. The molecule has 0 amide bonds. The third kappa shape index (κ3) is 6.28. The summed E-state index contributed by atoms with van der Waals surface area (Å²) in [7, 11) is -3.81. The van der Waals surface area contributed by atoms with E-state index < -0.39 is 10.1 Å². The van der Waals surface area contributed by atoms with E-state index in [1.165, 1.54) is 12.1 Å². The van der Waals surface area contributed by atoms with Crippen LogP contribution in [0.5, 0.6) is 0 Å². The van der Waals surface area contributed by atoms with Gasteiger partial charge in [-0.2, -0.15) is 8.42 Å². The van der Waals surface area contributed by atoms with E-state index in [0.29, 0.717) is 31.7 Å². The van der Waals surface area contributed by atoms with Crippen molar-refractivity contribution in [2.45, 2.75) is 44.2 Å². The molecule has 0 radical (unpaired) electrons. The van der Waals surface area contributed by atoms with Crippen LogP contribution in [0.15, 0.2) is 41.4 Å². The molecule has 8 nitrogen and oxygen atoms in total. The fraction of sp³-hybridized carbons (Fsp3) is 0.438. The van der Waals surface area contributed by atoms with Gasteiger partial charge in [-0.15, -0.1) is 5.10 Å². The minimum absolute atomic E-state index is 0.0985. The number of rotatable bonds is 10. The van der Waals surface area contributed by atoms with Gasteiger partial charge in [0.15, 0.2) is 0 Å². The lowest BCUT2D eigenvalue weighted by molar-refractivity contribution is -0.143. The summed E-state index contributed by atoms with van der Waals surface area (Å²) in [5, 5.41) is 7.81. The molecule has 25 heavy (non-hydrogen) atoms. The van der Waals surface area contributed by atoms with Crippen molar-refractivity contribution >= 4 is 16.1 Å². The molecule has 2 aromatic rings. The zero-order chi connectivity index (χ0) is 18.1. The van der Waals surface area contributed by atoms with Gasteiger partial charge in [0.05, 0.1) is 17.7 Å². The fourth-order valence-electron chi connectivity index (χ4n) is 2.08. The Morgan fingerprint density at radius 3 is 2.68 bits per heavy atom. The Morgan fingerprint density at radius 1 is 1.20 bits per heavy atom. The molecule has 0 fully saturated rings. The van der Waals surface area contributed by atoms with Crippen LogP contribution in [0.25, 0.3) is 0 Å². The average molecular weight is 367 g/mol. The molecule has 0 spiro atoms. The zero-order valence-corrected chi connectivity index (χ0v) is 14.8. The van der Waals surface area contributed by atoms with Crippen LogP contribution in [0, 0.1) is 0 Å². The lowest BCUT2D eigenvalue weighted by atomic mass is 10.2. The molecule has 0 unspecified atom stereocenters. The number of carbonyl (C=O) groups is 1. The molecular weight excluding hydrogens is 346 g/mol. The first-order valence-electron chi connectivity index (χ1n) is 8.00. The Balaban J connectivity index is 1.77. The van der Waals surface area contributed by atoms with Crippen LogP contribution >= 0.6 is 0 Å². The second-order valence-electron chi connectivity index (χ2n) is 5.26. The van der Waals surface area contributed by atoms with Crippen LogP contribution in [-0.4, -0.2) is 36.0 Å². The van der Waals surface area contributed by atoms with Gasteiger partial charge in [-0.25, -0.2) is 0 Å². The van der Waals surface area contributed by atoms with Crippen molar-refractivity contribution in [3.8, 4) is 0 Å². The maximum Gasteiger partial charge on any atom is 0.305 e. The summed E-state index contributed by atoms with van der Waals surface area (Å²) in [4.78, 5) is 11.3. The lowest BCUT2D eigenvalue weighted by Gasteiger charge is -2.03. The van der Waals surface area contributed by atoms with E-state index in [4.69, 9.17) is 8.92 Å². The maximum atomic E-state index is 12.0. The van der Waals surface area contributed by atoms with Crippen molar-refractivity contribution in [2.75, 3.05) is 6.61 Å². The molecule has 0 bridgehead atoms. The number of hydrogen-bond acceptors (Lipinski definition) is 7. The van der Waals surface area contributed by atoms with Crippen LogP contribution in [0.2, 0.25) is 0 Å². The molecule has 0 atom stereocenters. The zero-order valence-electron chi connectivity index (χ0n) is 14.0. The first kappa shape index (κ1) is 19.1. The summed E-state index contributed by atoms with van der Waals surface area (Å²) in [6.45, 7) is 2.56. The van der Waals surface area contributed by atoms with E-state index in [1.54, 1.807) is 36.0 Å². The molecule has 0 aliphatic heterocycles. The molecule has 0 N–H and O–H groups in total. The van der Waals surface area contributed by atoms with E-state index in [0.717, 1.165) is 6.42 Å². The molecule has 2 rings (SSSR count). The SMILES string of the molecule is CCOC(=O)CCCCn1cc(COS(=O)(=O)c2ccccc2)nn1. The quantitative estimate of drug-likeness (QED) is 0.359. The van der Waals surface area contributed by atoms with Gasteiger partial charge >= 0.3 is 5.97 Å². The van der Waals surface area contributed by atoms with Crippen molar-refractivity contribution < 1.29 is 22.1 Å². The standard InChI is InChI=1S/C16H21N3O5S/c1-2-23-16(20)10-6-7-11-19-12-14(17-18-19)13-24-25(21,22)15-8-4-3-5-9-15/h3-5,8-9,12H,2,6-7,10-11,13H2,1H3. The van der Waals surface area contributed by atoms with Gasteiger partial charge in [-0.05, 0) is 31.9 Å². The first-order valence-corrected chi connectivity index (χ1v) is 9.41. The summed E-state index contributed by atoms with van der Waals surface area (Å²) in [5.41, 5.74) is 0.421. The van der Waals surface area contributed by atoms with E-state index >= 15 is 0 Å². The van der Waals surface area contributed by atoms with Gasteiger partial charge in [0, 0.05) is 13.0 Å². The van der Waals surface area contributed by atoms with Gasteiger partial charge in [0.2, 0.25) is 0 Å². The summed E-state index contributed by atoms with van der Waals surface area (Å²) < 4.78 is 35.5. The van der Waals surface area contributed by atoms with Crippen molar-refractivity contribution in [3.05, 3.63) is 42.2 Å². The number of esters is 1. The normalized spacial score (nSPS) is 11.4. The van der Waals surface area contributed by atoms with Gasteiger partial charge in [-0.1, -0.05) is 23.4 Å². The summed E-state index contributed by atoms with van der Waals surface area (Å²) in [6, 6.07) is 7.92. The molecule has 0 aliphatic rings. The minimum Gasteiger partial charge on any atom is -0.466 e. The van der Waals surface area contributed by atoms with Crippen LogP contribution in [0.3, 0.4) is 0 Å².